The van der Waals surface area contributed by atoms with Crippen LogP contribution in [0.1, 0.15) is 12.0 Å². The number of carbonyl (C=O) groups is 2. The third-order valence-electron chi connectivity index (χ3n) is 3.17. The minimum absolute atomic E-state index is 0.132. The van der Waals surface area contributed by atoms with Crippen molar-refractivity contribution in [2.45, 2.75) is 17.9 Å². The number of nitrogens with zero attached hydrogens (tertiary/aromatic N) is 1. The summed E-state index contributed by atoms with van der Waals surface area (Å²) in [6.07, 6.45) is 0.622. The smallest absolute Gasteiger partial charge is 0.309 e. The van der Waals surface area contributed by atoms with Crippen molar-refractivity contribution in [3.63, 3.8) is 0 Å². The third kappa shape index (κ3) is 5.91. The van der Waals surface area contributed by atoms with E-state index in [0.29, 0.717) is 25.1 Å². The largest absolute Gasteiger partial charge is 0.385 e. The van der Waals surface area contributed by atoms with Crippen molar-refractivity contribution in [2.24, 2.45) is 0 Å². The Morgan fingerprint density at radius 3 is 2.21 bits per heavy atom. The molecule has 9 heteroatoms. The van der Waals surface area contributed by atoms with Crippen molar-refractivity contribution >= 4 is 21.8 Å². The molecule has 0 unspecified atom stereocenters. The summed E-state index contributed by atoms with van der Waals surface area (Å²) in [5.41, 5.74) is 0.688. The second kappa shape index (κ2) is 9.36. The van der Waals surface area contributed by atoms with Gasteiger partial charge in [0.25, 0.3) is 0 Å². The van der Waals surface area contributed by atoms with E-state index in [9.17, 15) is 18.0 Å². The van der Waals surface area contributed by atoms with Gasteiger partial charge >= 0.3 is 11.8 Å². The molecule has 1 aromatic rings. The maximum Gasteiger partial charge on any atom is 0.309 e. The highest BCUT2D eigenvalue weighted by Crippen LogP contribution is 2.13. The van der Waals surface area contributed by atoms with Crippen LogP contribution in [0.5, 0.6) is 0 Å². The van der Waals surface area contributed by atoms with Crippen molar-refractivity contribution in [1.82, 2.24) is 14.9 Å². The van der Waals surface area contributed by atoms with Crippen molar-refractivity contribution in [2.75, 3.05) is 34.4 Å². The zero-order valence-electron chi connectivity index (χ0n) is 14.0. The molecule has 0 heterocycles. The van der Waals surface area contributed by atoms with Crippen LogP contribution < -0.4 is 10.6 Å². The van der Waals surface area contributed by atoms with Gasteiger partial charge in [0.15, 0.2) is 0 Å². The molecule has 0 aliphatic rings. The van der Waals surface area contributed by atoms with Crippen LogP contribution in [0.2, 0.25) is 0 Å². The lowest BCUT2D eigenvalue weighted by atomic mass is 10.2. The Morgan fingerprint density at radius 2 is 1.67 bits per heavy atom. The standard InChI is InChI=1S/C15H23N3O5S/c1-18(2)24(21,22)13-7-5-12(6-8-13)11-17-15(20)14(19)16-9-4-10-23-3/h5-8H,4,9-11H2,1-3H3,(H,16,19)(H,17,20). The maximum absolute atomic E-state index is 11.9. The fourth-order valence-electron chi connectivity index (χ4n) is 1.75. The minimum atomic E-state index is -3.48. The normalized spacial score (nSPS) is 11.3. The number of nitrogens with one attached hydrogen (secondary N) is 2. The van der Waals surface area contributed by atoms with Gasteiger partial charge in [-0.05, 0) is 24.1 Å². The zero-order chi connectivity index (χ0) is 18.2. The molecular formula is C15H23N3O5S. The van der Waals surface area contributed by atoms with Crippen LogP contribution in [-0.4, -0.2) is 58.9 Å². The molecule has 2 N–H and O–H groups in total. The monoisotopic (exact) mass is 357 g/mol. The number of hydrogen-bond acceptors (Lipinski definition) is 5. The Hall–Kier alpha value is -1.97. The van der Waals surface area contributed by atoms with Crippen molar-refractivity contribution in [1.29, 1.82) is 0 Å². The summed E-state index contributed by atoms with van der Waals surface area (Å²) < 4.78 is 29.8. The van der Waals surface area contributed by atoms with Crippen LogP contribution in [0.25, 0.3) is 0 Å². The molecule has 0 fully saturated rings. The van der Waals surface area contributed by atoms with E-state index in [2.05, 4.69) is 10.6 Å². The Morgan fingerprint density at radius 1 is 1.08 bits per heavy atom. The molecular weight excluding hydrogens is 334 g/mol. The molecule has 0 saturated heterocycles. The highest BCUT2D eigenvalue weighted by atomic mass is 32.2. The molecule has 0 aliphatic heterocycles. The van der Waals surface area contributed by atoms with E-state index in [1.165, 1.54) is 26.2 Å². The van der Waals surface area contributed by atoms with E-state index in [0.717, 1.165) is 4.31 Å². The number of carbonyl (C=O) groups excluding carboxylic acids is 2. The van der Waals surface area contributed by atoms with E-state index in [1.54, 1.807) is 19.2 Å². The number of methoxy groups -OCH3 is 1. The molecule has 8 nitrogen and oxygen atoms in total. The van der Waals surface area contributed by atoms with Crippen LogP contribution in [0.15, 0.2) is 29.2 Å². The number of amides is 2. The lowest BCUT2D eigenvalue weighted by Crippen LogP contribution is -2.40. The highest BCUT2D eigenvalue weighted by molar-refractivity contribution is 7.89. The number of hydrogen-bond donors (Lipinski definition) is 2. The summed E-state index contributed by atoms with van der Waals surface area (Å²) in [6.45, 7) is 0.994. The van der Waals surface area contributed by atoms with Gasteiger partial charge in [0.2, 0.25) is 10.0 Å². The first-order valence-electron chi connectivity index (χ1n) is 7.35. The molecule has 0 aliphatic carbocycles. The van der Waals surface area contributed by atoms with Crippen LogP contribution in [0, 0.1) is 0 Å². The molecule has 0 aromatic heterocycles. The van der Waals surface area contributed by atoms with E-state index in [4.69, 9.17) is 4.74 Å². The Bertz CT molecular complexity index is 656. The predicted molar refractivity (Wildman–Crippen MR) is 88.7 cm³/mol. The third-order valence-corrected chi connectivity index (χ3v) is 5.00. The lowest BCUT2D eigenvalue weighted by Gasteiger charge is -2.12. The van der Waals surface area contributed by atoms with Gasteiger partial charge in [0.05, 0.1) is 4.90 Å². The van der Waals surface area contributed by atoms with E-state index in [1.807, 2.05) is 0 Å². The second-order valence-corrected chi connectivity index (χ2v) is 7.37. The Labute approximate surface area is 142 Å². The van der Waals surface area contributed by atoms with Gasteiger partial charge in [0, 0.05) is 40.9 Å². The van der Waals surface area contributed by atoms with E-state index < -0.39 is 21.8 Å². The second-order valence-electron chi connectivity index (χ2n) is 5.22. The first-order chi connectivity index (χ1) is 11.3. The highest BCUT2D eigenvalue weighted by Gasteiger charge is 2.17. The summed E-state index contributed by atoms with van der Waals surface area (Å²) in [5, 5.41) is 4.96. The van der Waals surface area contributed by atoms with Crippen LogP contribution in [-0.2, 0) is 30.9 Å². The first-order valence-corrected chi connectivity index (χ1v) is 8.79. The first kappa shape index (κ1) is 20.1. The summed E-state index contributed by atoms with van der Waals surface area (Å²) in [6, 6.07) is 6.10. The minimum Gasteiger partial charge on any atom is -0.385 e. The van der Waals surface area contributed by atoms with Gasteiger partial charge in [0.1, 0.15) is 0 Å². The Balaban J connectivity index is 2.50. The molecule has 0 saturated carbocycles. The molecule has 0 radical (unpaired) electrons. The van der Waals surface area contributed by atoms with Crippen LogP contribution in [0.3, 0.4) is 0 Å². The number of rotatable bonds is 8. The van der Waals surface area contributed by atoms with Gasteiger partial charge in [-0.2, -0.15) is 0 Å². The average Bonchev–Trinajstić information content (AvgIpc) is 2.56. The van der Waals surface area contributed by atoms with Crippen molar-refractivity contribution < 1.29 is 22.7 Å². The molecule has 0 spiro atoms. The average molecular weight is 357 g/mol. The summed E-state index contributed by atoms with van der Waals surface area (Å²) >= 11 is 0. The molecule has 1 aromatic carbocycles. The van der Waals surface area contributed by atoms with Gasteiger partial charge in [-0.15, -0.1) is 0 Å². The molecule has 1 rings (SSSR count). The molecule has 0 bridgehead atoms. The van der Waals surface area contributed by atoms with Crippen molar-refractivity contribution in [3.05, 3.63) is 29.8 Å². The molecule has 0 atom stereocenters. The topological polar surface area (TPSA) is 105 Å². The number of ether oxygens (including phenoxy) is 1. The van der Waals surface area contributed by atoms with Gasteiger partial charge in [-0.1, -0.05) is 12.1 Å². The quantitative estimate of drug-likeness (QED) is 0.491. The van der Waals surface area contributed by atoms with Crippen LogP contribution >= 0.6 is 0 Å². The lowest BCUT2D eigenvalue weighted by molar-refractivity contribution is -0.139. The fraction of sp³-hybridized carbons (Fsp3) is 0.467. The van der Waals surface area contributed by atoms with Gasteiger partial charge < -0.3 is 15.4 Å². The van der Waals surface area contributed by atoms with Gasteiger partial charge in [-0.3, -0.25) is 9.59 Å². The number of benzene rings is 1. The fourth-order valence-corrected chi connectivity index (χ4v) is 2.65. The Kier molecular flexibility index (Phi) is 7.83. The SMILES string of the molecule is COCCCNC(=O)C(=O)NCc1ccc(S(=O)(=O)N(C)C)cc1. The predicted octanol–water partition coefficient (Wildman–Crippen LogP) is -0.294. The molecule has 134 valence electrons. The molecule has 24 heavy (non-hydrogen) atoms. The molecule has 2 amide bonds. The summed E-state index contributed by atoms with van der Waals surface area (Å²) in [5.74, 6) is -1.45. The van der Waals surface area contributed by atoms with Gasteiger partial charge in [-0.25, -0.2) is 12.7 Å². The summed E-state index contributed by atoms with van der Waals surface area (Å²) in [4.78, 5) is 23.3. The number of sulfonamides is 1. The van der Waals surface area contributed by atoms with Crippen LogP contribution in [0.4, 0.5) is 0 Å². The summed E-state index contributed by atoms with van der Waals surface area (Å²) in [7, 11) is 0.983. The van der Waals surface area contributed by atoms with E-state index >= 15 is 0 Å². The van der Waals surface area contributed by atoms with Crippen molar-refractivity contribution in [3.8, 4) is 0 Å². The zero-order valence-corrected chi connectivity index (χ0v) is 14.9. The van der Waals surface area contributed by atoms with E-state index in [-0.39, 0.29) is 11.4 Å². The maximum atomic E-state index is 11.9.